The molecule has 5 heteroatoms. The molecule has 0 unspecified atom stereocenters. The number of benzene rings is 2. The second-order valence-electron chi connectivity index (χ2n) is 10.1. The monoisotopic (exact) mass is 449 g/mol. The Kier molecular flexibility index (Phi) is 7.30. The van der Waals surface area contributed by atoms with E-state index < -0.39 is 6.10 Å². The van der Waals surface area contributed by atoms with Gasteiger partial charge >= 0.3 is 0 Å². The Hall–Kier alpha value is -2.50. The van der Waals surface area contributed by atoms with E-state index in [1.54, 1.807) is 29.2 Å². The van der Waals surface area contributed by atoms with Crippen LogP contribution in [0.25, 0.3) is 0 Å². The Morgan fingerprint density at radius 2 is 1.67 bits per heavy atom. The van der Waals surface area contributed by atoms with Crippen LogP contribution in [0.4, 0.5) is 0 Å². The molecule has 33 heavy (non-hydrogen) atoms. The Balaban J connectivity index is 1.21. The van der Waals surface area contributed by atoms with E-state index in [-0.39, 0.29) is 17.3 Å². The molecule has 2 aliphatic rings. The lowest BCUT2D eigenvalue weighted by molar-refractivity contribution is -0.0764. The third-order valence-electron chi connectivity index (χ3n) is 6.92. The minimum Gasteiger partial charge on any atom is -0.393 e. The lowest BCUT2D eigenvalue weighted by Crippen LogP contribution is -2.50. The first kappa shape index (κ1) is 23.7. The highest BCUT2D eigenvalue weighted by molar-refractivity contribution is 5.98. The Morgan fingerprint density at radius 3 is 2.30 bits per heavy atom. The van der Waals surface area contributed by atoms with Crippen LogP contribution in [0.5, 0.6) is 0 Å². The second kappa shape index (κ2) is 10.2. The quantitative estimate of drug-likeness (QED) is 0.605. The minimum atomic E-state index is -0.455. The van der Waals surface area contributed by atoms with Gasteiger partial charge in [-0.2, -0.15) is 0 Å². The zero-order chi connectivity index (χ0) is 23.4. The number of rotatable bonds is 8. The zero-order valence-electron chi connectivity index (χ0n) is 19.8. The van der Waals surface area contributed by atoms with Crippen molar-refractivity contribution < 1.29 is 19.4 Å². The van der Waals surface area contributed by atoms with Crippen LogP contribution < -0.4 is 0 Å². The van der Waals surface area contributed by atoms with E-state index in [0.29, 0.717) is 49.6 Å². The summed E-state index contributed by atoms with van der Waals surface area (Å²) in [6, 6.07) is 15.5. The van der Waals surface area contributed by atoms with Gasteiger partial charge in [0.15, 0.2) is 5.78 Å². The number of hydrogen-bond acceptors (Lipinski definition) is 4. The van der Waals surface area contributed by atoms with Crippen molar-refractivity contribution in [2.24, 2.45) is 5.92 Å². The highest BCUT2D eigenvalue weighted by atomic mass is 16.5. The maximum atomic E-state index is 12.8. The largest absolute Gasteiger partial charge is 0.393 e. The van der Waals surface area contributed by atoms with E-state index in [0.717, 1.165) is 25.7 Å². The Morgan fingerprint density at radius 1 is 1.03 bits per heavy atom. The molecule has 0 spiro atoms. The average Bonchev–Trinajstić information content (AvgIpc) is 3.23. The molecule has 1 N–H and O–H groups in total. The molecule has 176 valence electrons. The van der Waals surface area contributed by atoms with Gasteiger partial charge in [-0.05, 0) is 75.1 Å². The second-order valence-corrected chi connectivity index (χ2v) is 10.1. The van der Waals surface area contributed by atoms with Crippen LogP contribution in [0.15, 0.2) is 48.5 Å². The maximum Gasteiger partial charge on any atom is 0.254 e. The van der Waals surface area contributed by atoms with Crippen molar-refractivity contribution in [1.82, 2.24) is 4.90 Å². The molecule has 1 heterocycles. The number of nitrogens with zero attached hydrogens (tertiary/aromatic N) is 1. The number of ketones is 1. The molecule has 0 radical (unpaired) electrons. The zero-order valence-corrected chi connectivity index (χ0v) is 19.8. The first-order valence-electron chi connectivity index (χ1n) is 12.1. The molecule has 2 aromatic carbocycles. The summed E-state index contributed by atoms with van der Waals surface area (Å²) < 4.78 is 5.68. The van der Waals surface area contributed by atoms with Crippen LogP contribution in [-0.2, 0) is 17.6 Å². The van der Waals surface area contributed by atoms with Gasteiger partial charge < -0.3 is 14.7 Å². The molecule has 1 amide bonds. The summed E-state index contributed by atoms with van der Waals surface area (Å²) in [5.41, 5.74) is 3.71. The first-order valence-corrected chi connectivity index (χ1v) is 12.1. The van der Waals surface area contributed by atoms with Crippen LogP contribution in [0, 0.1) is 5.92 Å². The van der Waals surface area contributed by atoms with Gasteiger partial charge in [0.05, 0.1) is 18.3 Å². The van der Waals surface area contributed by atoms with E-state index in [1.807, 2.05) is 13.8 Å². The number of amides is 1. The van der Waals surface area contributed by atoms with Crippen molar-refractivity contribution in [3.8, 4) is 0 Å². The van der Waals surface area contributed by atoms with Gasteiger partial charge in [-0.1, -0.05) is 36.4 Å². The lowest BCUT2D eigenvalue weighted by Gasteiger charge is -2.38. The molecule has 5 nitrogen and oxygen atoms in total. The predicted molar refractivity (Wildman–Crippen MR) is 129 cm³/mol. The summed E-state index contributed by atoms with van der Waals surface area (Å²) in [5.74, 6) is 0.568. The van der Waals surface area contributed by atoms with Gasteiger partial charge in [-0.3, -0.25) is 9.59 Å². The van der Waals surface area contributed by atoms with Crippen molar-refractivity contribution >= 4 is 11.7 Å². The molecule has 2 aromatic rings. The smallest absolute Gasteiger partial charge is 0.254 e. The average molecular weight is 450 g/mol. The summed E-state index contributed by atoms with van der Waals surface area (Å²) in [5, 5.41) is 10.4. The number of carbonyl (C=O) groups is 2. The van der Waals surface area contributed by atoms with Gasteiger partial charge in [0.1, 0.15) is 0 Å². The summed E-state index contributed by atoms with van der Waals surface area (Å²) in [7, 11) is 0. The van der Waals surface area contributed by atoms with Crippen molar-refractivity contribution in [1.29, 1.82) is 0 Å². The summed E-state index contributed by atoms with van der Waals surface area (Å²) in [4.78, 5) is 27.2. The van der Waals surface area contributed by atoms with Crippen molar-refractivity contribution in [3.05, 3.63) is 70.8 Å². The van der Waals surface area contributed by atoms with E-state index in [9.17, 15) is 14.7 Å². The number of Topliss-reactive ketones (excluding diaryl/α,β-unsaturated/α-hetero) is 1. The minimum absolute atomic E-state index is 0.00817. The van der Waals surface area contributed by atoms with Gasteiger partial charge in [0.25, 0.3) is 5.91 Å². The third-order valence-corrected chi connectivity index (χ3v) is 6.92. The highest BCUT2D eigenvalue weighted by Gasteiger charge is 2.30. The first-order chi connectivity index (χ1) is 15.8. The van der Waals surface area contributed by atoms with E-state index in [4.69, 9.17) is 4.74 Å². The summed E-state index contributed by atoms with van der Waals surface area (Å²) >= 11 is 0. The standard InChI is InChI=1S/C28H35NO4/c1-28(2)19-29(15-16-33-28)27(32)22-10-8-21(9-11-22)26(31)14-13-25(30)12-7-20-17-23-5-3-4-6-24(23)18-20/h3-6,8-11,20,25,30H,7,12-19H2,1-2H3/t25-/m0/s1. The topological polar surface area (TPSA) is 66.8 Å². The van der Waals surface area contributed by atoms with E-state index in [1.165, 1.54) is 11.1 Å². The van der Waals surface area contributed by atoms with Crippen molar-refractivity contribution in [2.75, 3.05) is 19.7 Å². The van der Waals surface area contributed by atoms with E-state index >= 15 is 0 Å². The molecule has 1 atom stereocenters. The molecular formula is C28H35NO4. The number of fused-ring (bicyclic) bond motifs is 1. The van der Waals surface area contributed by atoms with Crippen molar-refractivity contribution in [2.45, 2.75) is 64.1 Å². The number of aliphatic hydroxyl groups is 1. The molecule has 1 aliphatic heterocycles. The SMILES string of the molecule is CC1(C)CN(C(=O)c2ccc(C(=O)CC[C@@H](O)CCC3Cc4ccccc4C3)cc2)CCO1. The molecule has 0 bridgehead atoms. The predicted octanol–water partition coefficient (Wildman–Crippen LogP) is 4.46. The fourth-order valence-corrected chi connectivity index (χ4v) is 5.04. The highest BCUT2D eigenvalue weighted by Crippen LogP contribution is 2.30. The van der Waals surface area contributed by atoms with Gasteiger partial charge in [-0.15, -0.1) is 0 Å². The third kappa shape index (κ3) is 6.10. The molecule has 0 aromatic heterocycles. The maximum absolute atomic E-state index is 12.8. The fraction of sp³-hybridized carbons (Fsp3) is 0.500. The molecule has 1 fully saturated rings. The van der Waals surface area contributed by atoms with Crippen LogP contribution in [0.2, 0.25) is 0 Å². The lowest BCUT2D eigenvalue weighted by atomic mass is 9.95. The fourth-order valence-electron chi connectivity index (χ4n) is 5.04. The van der Waals surface area contributed by atoms with Crippen LogP contribution >= 0.6 is 0 Å². The van der Waals surface area contributed by atoms with Crippen LogP contribution in [-0.4, -0.2) is 53.1 Å². The van der Waals surface area contributed by atoms with Gasteiger partial charge in [0, 0.05) is 30.6 Å². The number of ether oxygens (including phenoxy) is 1. The normalized spacial score (nSPS) is 18.7. The summed E-state index contributed by atoms with van der Waals surface area (Å²) in [6.45, 7) is 5.63. The molecule has 1 saturated heterocycles. The van der Waals surface area contributed by atoms with Gasteiger partial charge in [0.2, 0.25) is 0 Å². The molecule has 0 saturated carbocycles. The molecule has 1 aliphatic carbocycles. The van der Waals surface area contributed by atoms with Crippen LogP contribution in [0.1, 0.15) is 71.4 Å². The molecular weight excluding hydrogens is 414 g/mol. The Bertz CT molecular complexity index is 957. The summed E-state index contributed by atoms with van der Waals surface area (Å²) in [6.07, 6.45) is 4.24. The number of aliphatic hydroxyl groups excluding tert-OH is 1. The van der Waals surface area contributed by atoms with Gasteiger partial charge in [-0.25, -0.2) is 0 Å². The number of hydrogen-bond donors (Lipinski definition) is 1. The van der Waals surface area contributed by atoms with E-state index in [2.05, 4.69) is 24.3 Å². The number of morpholine rings is 1. The van der Waals surface area contributed by atoms with Crippen molar-refractivity contribution in [3.63, 3.8) is 0 Å². The number of carbonyl (C=O) groups excluding carboxylic acids is 2. The molecule has 4 rings (SSSR count). The van der Waals surface area contributed by atoms with Crippen LogP contribution in [0.3, 0.4) is 0 Å². The Labute approximate surface area is 196 Å².